The fraction of sp³-hybridized carbons (Fsp3) is 0.867. The summed E-state index contributed by atoms with van der Waals surface area (Å²) >= 11 is 0. The van der Waals surface area contributed by atoms with Crippen LogP contribution < -0.4 is 5.32 Å². The highest BCUT2D eigenvalue weighted by atomic mass is 15.2. The van der Waals surface area contributed by atoms with Crippen LogP contribution in [0, 0.1) is 17.8 Å². The molecule has 2 bridgehead atoms. The van der Waals surface area contributed by atoms with Gasteiger partial charge in [0.1, 0.15) is 0 Å². The molecular formula is C15H26N2. The summed E-state index contributed by atoms with van der Waals surface area (Å²) in [6.07, 6.45) is 10.6. The fourth-order valence-electron chi connectivity index (χ4n) is 3.59. The SMILES string of the molecule is CC(CNCC1CC2C=CC1C2)N(C)C1CC1. The molecule has 2 saturated carbocycles. The first-order valence-corrected chi connectivity index (χ1v) is 7.35. The number of hydrogen-bond donors (Lipinski definition) is 1. The van der Waals surface area contributed by atoms with Crippen molar-refractivity contribution in [2.24, 2.45) is 17.8 Å². The molecule has 0 radical (unpaired) electrons. The van der Waals surface area contributed by atoms with Gasteiger partial charge in [0.15, 0.2) is 0 Å². The average molecular weight is 234 g/mol. The maximum Gasteiger partial charge on any atom is 0.0192 e. The van der Waals surface area contributed by atoms with Gasteiger partial charge in [0.25, 0.3) is 0 Å². The molecule has 2 heteroatoms. The van der Waals surface area contributed by atoms with Gasteiger partial charge >= 0.3 is 0 Å². The molecule has 0 spiro atoms. The minimum Gasteiger partial charge on any atom is -0.315 e. The molecule has 0 aromatic rings. The van der Waals surface area contributed by atoms with Gasteiger partial charge in [-0.1, -0.05) is 12.2 Å². The van der Waals surface area contributed by atoms with Gasteiger partial charge in [-0.05, 0) is 64.0 Å². The first-order valence-electron chi connectivity index (χ1n) is 7.35. The third kappa shape index (κ3) is 2.58. The number of fused-ring (bicyclic) bond motifs is 2. The third-order valence-electron chi connectivity index (χ3n) is 5.08. The highest BCUT2D eigenvalue weighted by Crippen LogP contribution is 2.42. The van der Waals surface area contributed by atoms with Crippen molar-refractivity contribution in [3.05, 3.63) is 12.2 Å². The zero-order chi connectivity index (χ0) is 11.8. The van der Waals surface area contributed by atoms with Crippen LogP contribution in [-0.2, 0) is 0 Å². The number of hydrogen-bond acceptors (Lipinski definition) is 2. The zero-order valence-electron chi connectivity index (χ0n) is 11.2. The van der Waals surface area contributed by atoms with E-state index >= 15 is 0 Å². The Morgan fingerprint density at radius 3 is 2.71 bits per heavy atom. The highest BCUT2D eigenvalue weighted by Gasteiger charge is 2.35. The minimum atomic E-state index is 0.691. The summed E-state index contributed by atoms with van der Waals surface area (Å²) in [5.41, 5.74) is 0. The molecule has 0 saturated heterocycles. The molecule has 2 fully saturated rings. The Bertz CT molecular complexity index is 295. The molecule has 0 amide bonds. The van der Waals surface area contributed by atoms with Crippen LogP contribution in [0.15, 0.2) is 12.2 Å². The van der Waals surface area contributed by atoms with Gasteiger partial charge in [0, 0.05) is 18.6 Å². The maximum atomic E-state index is 3.70. The molecule has 2 nitrogen and oxygen atoms in total. The van der Waals surface area contributed by atoms with Crippen LogP contribution >= 0.6 is 0 Å². The van der Waals surface area contributed by atoms with Crippen LogP contribution in [0.4, 0.5) is 0 Å². The Morgan fingerprint density at radius 2 is 2.12 bits per heavy atom. The molecule has 4 unspecified atom stereocenters. The van der Waals surface area contributed by atoms with Gasteiger partial charge in [-0.15, -0.1) is 0 Å². The highest BCUT2D eigenvalue weighted by molar-refractivity contribution is 5.10. The van der Waals surface area contributed by atoms with E-state index in [-0.39, 0.29) is 0 Å². The third-order valence-corrected chi connectivity index (χ3v) is 5.08. The Kier molecular flexibility index (Phi) is 3.27. The second-order valence-electron chi connectivity index (χ2n) is 6.44. The molecule has 96 valence electrons. The lowest BCUT2D eigenvalue weighted by atomic mass is 9.93. The van der Waals surface area contributed by atoms with Crippen molar-refractivity contribution in [3.63, 3.8) is 0 Å². The van der Waals surface area contributed by atoms with Crippen LogP contribution in [0.3, 0.4) is 0 Å². The van der Waals surface area contributed by atoms with E-state index in [9.17, 15) is 0 Å². The van der Waals surface area contributed by atoms with Crippen LogP contribution in [0.25, 0.3) is 0 Å². The Labute approximate surface area is 105 Å². The lowest BCUT2D eigenvalue weighted by Gasteiger charge is -2.26. The van der Waals surface area contributed by atoms with Crippen molar-refractivity contribution >= 4 is 0 Å². The van der Waals surface area contributed by atoms with Gasteiger partial charge in [-0.25, -0.2) is 0 Å². The Morgan fingerprint density at radius 1 is 1.29 bits per heavy atom. The summed E-state index contributed by atoms with van der Waals surface area (Å²) in [4.78, 5) is 2.55. The molecular weight excluding hydrogens is 208 g/mol. The average Bonchev–Trinajstić information content (AvgIpc) is 2.98. The number of rotatable bonds is 6. The number of likely N-dealkylation sites (N-methyl/N-ethyl adjacent to an activating group) is 1. The lowest BCUT2D eigenvalue weighted by Crippen LogP contribution is -2.40. The van der Waals surface area contributed by atoms with Gasteiger partial charge in [0.2, 0.25) is 0 Å². The van der Waals surface area contributed by atoms with E-state index < -0.39 is 0 Å². The summed E-state index contributed by atoms with van der Waals surface area (Å²) in [6.45, 7) is 4.74. The van der Waals surface area contributed by atoms with Gasteiger partial charge in [-0.2, -0.15) is 0 Å². The first kappa shape index (κ1) is 11.7. The summed E-state index contributed by atoms with van der Waals surface area (Å²) in [5.74, 6) is 2.73. The summed E-state index contributed by atoms with van der Waals surface area (Å²) in [5, 5.41) is 3.70. The second-order valence-corrected chi connectivity index (χ2v) is 6.44. The number of nitrogens with zero attached hydrogens (tertiary/aromatic N) is 1. The van der Waals surface area contributed by atoms with Gasteiger partial charge in [-0.3, -0.25) is 4.90 Å². The molecule has 0 aromatic carbocycles. The monoisotopic (exact) mass is 234 g/mol. The normalized spacial score (nSPS) is 37.0. The number of nitrogens with one attached hydrogen (secondary N) is 1. The molecule has 3 aliphatic carbocycles. The van der Waals surface area contributed by atoms with E-state index in [0.717, 1.165) is 30.3 Å². The molecule has 3 rings (SSSR count). The predicted octanol–water partition coefficient (Wildman–Crippen LogP) is 2.27. The van der Waals surface area contributed by atoms with Crippen LogP contribution in [0.5, 0.6) is 0 Å². The van der Waals surface area contributed by atoms with Crippen molar-refractivity contribution in [2.75, 3.05) is 20.1 Å². The summed E-state index contributed by atoms with van der Waals surface area (Å²) in [7, 11) is 2.28. The van der Waals surface area contributed by atoms with E-state index in [1.807, 2.05) is 0 Å². The maximum absolute atomic E-state index is 3.70. The van der Waals surface area contributed by atoms with Crippen molar-refractivity contribution < 1.29 is 0 Å². The zero-order valence-corrected chi connectivity index (χ0v) is 11.2. The summed E-state index contributed by atoms with van der Waals surface area (Å²) in [6, 6.07) is 1.58. The Hall–Kier alpha value is -0.340. The van der Waals surface area contributed by atoms with E-state index in [1.165, 1.54) is 32.2 Å². The van der Waals surface area contributed by atoms with E-state index in [2.05, 4.69) is 36.3 Å². The molecule has 17 heavy (non-hydrogen) atoms. The van der Waals surface area contributed by atoms with Crippen LogP contribution in [0.2, 0.25) is 0 Å². The van der Waals surface area contributed by atoms with Gasteiger partial charge in [0.05, 0.1) is 0 Å². The smallest absolute Gasteiger partial charge is 0.0192 e. The fourth-order valence-corrected chi connectivity index (χ4v) is 3.59. The van der Waals surface area contributed by atoms with Crippen molar-refractivity contribution in [1.29, 1.82) is 0 Å². The largest absolute Gasteiger partial charge is 0.315 e. The van der Waals surface area contributed by atoms with E-state index in [4.69, 9.17) is 0 Å². The Balaban J connectivity index is 1.36. The molecule has 0 aliphatic heterocycles. The van der Waals surface area contributed by atoms with E-state index in [0.29, 0.717) is 6.04 Å². The van der Waals surface area contributed by atoms with Crippen LogP contribution in [0.1, 0.15) is 32.6 Å². The van der Waals surface area contributed by atoms with Gasteiger partial charge < -0.3 is 5.32 Å². The summed E-state index contributed by atoms with van der Waals surface area (Å²) < 4.78 is 0. The van der Waals surface area contributed by atoms with Crippen molar-refractivity contribution in [3.8, 4) is 0 Å². The quantitative estimate of drug-likeness (QED) is 0.709. The molecule has 0 aromatic heterocycles. The molecule has 4 atom stereocenters. The standard InChI is InChI=1S/C15H26N2/c1-11(17(2)15-5-6-15)9-16-10-14-8-12-3-4-13(14)7-12/h3-4,11-16H,5-10H2,1-2H3. The predicted molar refractivity (Wildman–Crippen MR) is 72.0 cm³/mol. The lowest BCUT2D eigenvalue weighted by molar-refractivity contribution is 0.237. The minimum absolute atomic E-state index is 0.691. The van der Waals surface area contributed by atoms with Crippen molar-refractivity contribution in [2.45, 2.75) is 44.7 Å². The van der Waals surface area contributed by atoms with Crippen molar-refractivity contribution in [1.82, 2.24) is 10.2 Å². The van der Waals surface area contributed by atoms with E-state index in [1.54, 1.807) is 0 Å². The molecule has 0 heterocycles. The second kappa shape index (κ2) is 4.74. The molecule has 1 N–H and O–H groups in total. The molecule has 3 aliphatic rings. The van der Waals surface area contributed by atoms with Crippen LogP contribution in [-0.4, -0.2) is 37.1 Å². The first-order chi connectivity index (χ1) is 8.24. The topological polar surface area (TPSA) is 15.3 Å². The number of allylic oxidation sites excluding steroid dienone is 2.